The maximum atomic E-state index is 10.9. The second kappa shape index (κ2) is 2.79. The van der Waals surface area contributed by atoms with Crippen molar-refractivity contribution in [2.75, 3.05) is 0 Å². The number of hydrogen-bond acceptors (Lipinski definition) is 2. The molecule has 2 heterocycles. The van der Waals surface area contributed by atoms with Gasteiger partial charge in [-0.1, -0.05) is 6.08 Å². The van der Waals surface area contributed by atoms with E-state index in [2.05, 4.69) is 25.9 Å². The van der Waals surface area contributed by atoms with Crippen molar-refractivity contribution in [1.29, 1.82) is 0 Å². The van der Waals surface area contributed by atoms with Crippen molar-refractivity contribution in [2.24, 2.45) is 15.9 Å². The largest absolute Gasteiger partial charge is 0.269 e. The number of aliphatic imine (C=N–C) groups is 2. The molecule has 0 aromatic carbocycles. The molecule has 0 N–H and O–H groups in total. The van der Waals surface area contributed by atoms with Crippen molar-refractivity contribution in [3.63, 3.8) is 0 Å². The van der Waals surface area contributed by atoms with Crippen molar-refractivity contribution >= 4 is 32.2 Å². The number of carbonyl (C=O) groups excluding carboxylic acids is 1. The average Bonchev–Trinajstić information content (AvgIpc) is 2.04. The minimum absolute atomic E-state index is 0.0349. The normalized spacial score (nSPS) is 26.4. The molecule has 0 aromatic heterocycles. The molecule has 3 nitrogen and oxygen atoms in total. The van der Waals surface area contributed by atoms with Gasteiger partial charge in [-0.15, -0.1) is 0 Å². The number of carbonyl (C=O) groups is 1. The Morgan fingerprint density at radius 1 is 1.42 bits per heavy atom. The maximum absolute atomic E-state index is 10.9. The fraction of sp³-hybridized carbons (Fsp3) is 0.125. The zero-order valence-corrected chi connectivity index (χ0v) is 7.65. The van der Waals surface area contributed by atoms with Gasteiger partial charge in [0, 0.05) is 12.3 Å². The summed E-state index contributed by atoms with van der Waals surface area (Å²) in [5.74, 6) is -0.166. The number of allylic oxidation sites excluding steroid dienone is 2. The van der Waals surface area contributed by atoms with Crippen molar-refractivity contribution in [2.45, 2.75) is 0 Å². The molecule has 0 aromatic rings. The van der Waals surface area contributed by atoms with Crippen molar-refractivity contribution < 1.29 is 4.79 Å². The number of dihydropyridines is 1. The Morgan fingerprint density at radius 3 is 3.08 bits per heavy atom. The van der Waals surface area contributed by atoms with E-state index in [1.165, 1.54) is 6.08 Å². The highest BCUT2D eigenvalue weighted by Gasteiger charge is 2.21. The highest BCUT2D eigenvalue weighted by atomic mass is 79.9. The fourth-order valence-corrected chi connectivity index (χ4v) is 1.62. The van der Waals surface area contributed by atoms with Crippen LogP contribution in [0.15, 0.2) is 34.4 Å². The van der Waals surface area contributed by atoms with Gasteiger partial charge in [0.25, 0.3) is 5.91 Å². The van der Waals surface area contributed by atoms with Gasteiger partial charge in [0.2, 0.25) is 0 Å². The van der Waals surface area contributed by atoms with Crippen LogP contribution in [0.5, 0.6) is 0 Å². The SMILES string of the molecule is O=C1C=CC2C(Br)=NC=CC2=N1. The lowest BCUT2D eigenvalue weighted by atomic mass is 10.0. The lowest BCUT2D eigenvalue weighted by Gasteiger charge is -2.16. The summed E-state index contributed by atoms with van der Waals surface area (Å²) in [4.78, 5) is 18.8. The van der Waals surface area contributed by atoms with E-state index in [-0.39, 0.29) is 11.8 Å². The molecule has 0 saturated heterocycles. The molecule has 0 fully saturated rings. The zero-order chi connectivity index (χ0) is 8.55. The van der Waals surface area contributed by atoms with Crippen LogP contribution >= 0.6 is 15.9 Å². The van der Waals surface area contributed by atoms with Gasteiger partial charge < -0.3 is 0 Å². The second-order valence-corrected chi connectivity index (χ2v) is 3.29. The predicted octanol–water partition coefficient (Wildman–Crippen LogP) is 1.46. The number of nitrogens with zero attached hydrogens (tertiary/aromatic N) is 2. The molecule has 60 valence electrons. The average molecular weight is 225 g/mol. The molecule has 1 amide bonds. The quantitative estimate of drug-likeness (QED) is 0.615. The van der Waals surface area contributed by atoms with Crippen molar-refractivity contribution in [3.8, 4) is 0 Å². The highest BCUT2D eigenvalue weighted by molar-refractivity contribution is 9.18. The molecule has 1 atom stereocenters. The van der Waals surface area contributed by atoms with Gasteiger partial charge in [0.05, 0.1) is 16.3 Å². The van der Waals surface area contributed by atoms with E-state index in [1.807, 2.05) is 0 Å². The molecule has 2 rings (SSSR count). The minimum Gasteiger partial charge on any atom is -0.267 e. The Hall–Kier alpha value is -1.03. The standard InChI is InChI=1S/C8H5BrN2O/c9-8-5-1-2-7(12)11-6(5)3-4-10-8/h1-5H. The van der Waals surface area contributed by atoms with Crippen LogP contribution in [0.4, 0.5) is 0 Å². The van der Waals surface area contributed by atoms with Crippen LogP contribution in [0, 0.1) is 5.92 Å². The van der Waals surface area contributed by atoms with Crippen LogP contribution in [0.1, 0.15) is 0 Å². The molecule has 0 saturated carbocycles. The van der Waals surface area contributed by atoms with Gasteiger partial charge >= 0.3 is 0 Å². The summed E-state index contributed by atoms with van der Waals surface area (Å²) < 4.78 is 0.799. The van der Waals surface area contributed by atoms with Gasteiger partial charge in [0.15, 0.2) is 0 Å². The number of fused-ring (bicyclic) bond motifs is 1. The van der Waals surface area contributed by atoms with Gasteiger partial charge in [-0.2, -0.15) is 0 Å². The Kier molecular flexibility index (Phi) is 1.77. The molecule has 4 heteroatoms. The Bertz CT molecular complexity index is 352. The summed E-state index contributed by atoms with van der Waals surface area (Å²) >= 11 is 3.31. The van der Waals surface area contributed by atoms with Gasteiger partial charge in [0.1, 0.15) is 0 Å². The van der Waals surface area contributed by atoms with Crippen LogP contribution < -0.4 is 0 Å². The minimum atomic E-state index is -0.201. The van der Waals surface area contributed by atoms with Crippen LogP contribution in [-0.2, 0) is 4.79 Å². The van der Waals surface area contributed by atoms with Crippen LogP contribution in [0.3, 0.4) is 0 Å². The number of rotatable bonds is 0. The van der Waals surface area contributed by atoms with Crippen LogP contribution in [0.2, 0.25) is 0 Å². The molecule has 0 aliphatic carbocycles. The maximum Gasteiger partial charge on any atom is 0.269 e. The summed E-state index contributed by atoms with van der Waals surface area (Å²) in [6, 6.07) is 0. The lowest BCUT2D eigenvalue weighted by Crippen LogP contribution is -2.22. The molecule has 0 spiro atoms. The molecule has 2 aliphatic heterocycles. The Labute approximate surface area is 77.7 Å². The van der Waals surface area contributed by atoms with E-state index in [9.17, 15) is 4.79 Å². The molecule has 1 unspecified atom stereocenters. The third-order valence-corrected chi connectivity index (χ3v) is 2.39. The van der Waals surface area contributed by atoms with E-state index >= 15 is 0 Å². The van der Waals surface area contributed by atoms with Crippen LogP contribution in [-0.4, -0.2) is 16.2 Å². The molecule has 2 aliphatic rings. The first kappa shape index (κ1) is 7.61. The number of hydrogen-bond donors (Lipinski definition) is 0. The zero-order valence-electron chi connectivity index (χ0n) is 6.07. The van der Waals surface area contributed by atoms with E-state index in [0.717, 1.165) is 10.3 Å². The lowest BCUT2D eigenvalue weighted by molar-refractivity contribution is -0.113. The highest BCUT2D eigenvalue weighted by Crippen LogP contribution is 2.19. The first-order valence-corrected chi connectivity index (χ1v) is 4.27. The smallest absolute Gasteiger partial charge is 0.267 e. The summed E-state index contributed by atoms with van der Waals surface area (Å²) in [7, 11) is 0. The summed E-state index contributed by atoms with van der Waals surface area (Å²) in [5.41, 5.74) is 0.754. The van der Waals surface area contributed by atoms with E-state index < -0.39 is 0 Å². The van der Waals surface area contributed by atoms with Crippen molar-refractivity contribution in [1.82, 2.24) is 0 Å². The molecule has 0 bridgehead atoms. The third-order valence-electron chi connectivity index (χ3n) is 1.69. The van der Waals surface area contributed by atoms with Crippen LogP contribution in [0.25, 0.3) is 0 Å². The molecular weight excluding hydrogens is 220 g/mol. The Balaban J connectivity index is 2.42. The molecule has 12 heavy (non-hydrogen) atoms. The van der Waals surface area contributed by atoms with E-state index in [0.29, 0.717) is 0 Å². The number of amides is 1. The summed E-state index contributed by atoms with van der Waals surface area (Å²) in [6.07, 6.45) is 6.63. The molecular formula is C8H5BrN2O. The van der Waals surface area contributed by atoms with E-state index in [4.69, 9.17) is 0 Å². The van der Waals surface area contributed by atoms with Gasteiger partial charge in [-0.3, -0.25) is 9.79 Å². The van der Waals surface area contributed by atoms with Gasteiger partial charge in [-0.05, 0) is 22.0 Å². The predicted molar refractivity (Wildman–Crippen MR) is 50.6 cm³/mol. The fourth-order valence-electron chi connectivity index (χ4n) is 1.12. The topological polar surface area (TPSA) is 41.8 Å². The Morgan fingerprint density at radius 2 is 2.25 bits per heavy atom. The first-order valence-electron chi connectivity index (χ1n) is 3.48. The van der Waals surface area contributed by atoms with E-state index in [1.54, 1.807) is 18.4 Å². The monoisotopic (exact) mass is 224 g/mol. The first-order chi connectivity index (χ1) is 5.77. The van der Waals surface area contributed by atoms with Crippen molar-refractivity contribution in [3.05, 3.63) is 24.4 Å². The third kappa shape index (κ3) is 1.18. The summed E-state index contributed by atoms with van der Waals surface area (Å²) in [6.45, 7) is 0. The molecule has 0 radical (unpaired) electrons. The van der Waals surface area contributed by atoms with Gasteiger partial charge in [-0.25, -0.2) is 4.99 Å². The summed E-state index contributed by atoms with van der Waals surface area (Å²) in [5, 5.41) is 0. The second-order valence-electron chi connectivity index (χ2n) is 2.48. The number of halogens is 1.